The molecular formula is C11H14N4S2. The third-order valence-corrected chi connectivity index (χ3v) is 3.85. The molecule has 0 atom stereocenters. The van der Waals surface area contributed by atoms with Crippen LogP contribution in [0.2, 0.25) is 0 Å². The molecule has 1 N–H and O–H groups in total. The van der Waals surface area contributed by atoms with Gasteiger partial charge in [-0.05, 0) is 34.9 Å². The zero-order valence-corrected chi connectivity index (χ0v) is 11.4. The fourth-order valence-electron chi connectivity index (χ4n) is 1.26. The van der Waals surface area contributed by atoms with Crippen molar-refractivity contribution in [1.82, 2.24) is 19.7 Å². The van der Waals surface area contributed by atoms with Crippen LogP contribution in [0.25, 0.3) is 0 Å². The first-order valence-corrected chi connectivity index (χ1v) is 6.96. The molecule has 2 heterocycles. The second-order valence-electron chi connectivity index (χ2n) is 3.81. The lowest BCUT2D eigenvalue weighted by Gasteiger charge is -2.10. The lowest BCUT2D eigenvalue weighted by molar-refractivity contribution is 0.582. The van der Waals surface area contributed by atoms with Crippen LogP contribution in [0.3, 0.4) is 0 Å². The highest BCUT2D eigenvalue weighted by molar-refractivity contribution is 8.00. The van der Waals surface area contributed by atoms with Gasteiger partial charge in [0.25, 0.3) is 0 Å². The third-order valence-electron chi connectivity index (χ3n) is 2.08. The number of nitrogens with zero attached hydrogens (tertiary/aromatic N) is 3. The molecule has 6 heteroatoms. The van der Waals surface area contributed by atoms with Crippen LogP contribution in [0.4, 0.5) is 0 Å². The van der Waals surface area contributed by atoms with Crippen molar-refractivity contribution in [3.8, 4) is 0 Å². The Morgan fingerprint density at radius 3 is 3.00 bits per heavy atom. The Morgan fingerprint density at radius 2 is 2.29 bits per heavy atom. The molecule has 0 spiro atoms. The molecule has 4 nitrogen and oxygen atoms in total. The molecule has 2 rings (SSSR count). The third kappa shape index (κ3) is 3.76. The first-order valence-electron chi connectivity index (χ1n) is 5.37. The van der Waals surface area contributed by atoms with Crippen molar-refractivity contribution in [3.63, 3.8) is 0 Å². The molecule has 0 amide bonds. The molecular weight excluding hydrogens is 252 g/mol. The second-order valence-corrected chi connectivity index (χ2v) is 5.83. The summed E-state index contributed by atoms with van der Waals surface area (Å²) in [6.45, 7) is 5.09. The molecule has 0 aliphatic carbocycles. The highest BCUT2D eigenvalue weighted by Crippen LogP contribution is 2.28. The summed E-state index contributed by atoms with van der Waals surface area (Å²) in [7, 11) is 0. The van der Waals surface area contributed by atoms with E-state index in [1.807, 2.05) is 12.3 Å². The number of pyridine rings is 1. The average molecular weight is 266 g/mol. The van der Waals surface area contributed by atoms with Crippen molar-refractivity contribution >= 4 is 23.3 Å². The highest BCUT2D eigenvalue weighted by atomic mass is 32.2. The predicted octanol–water partition coefficient (Wildman–Crippen LogP) is 2.58. The first-order chi connectivity index (χ1) is 8.25. The smallest absolute Gasteiger partial charge is 0.176 e. The Kier molecular flexibility index (Phi) is 4.47. The van der Waals surface area contributed by atoms with Gasteiger partial charge in [-0.15, -0.1) is 0 Å². The minimum atomic E-state index is 0.467. The number of nitrogens with one attached hydrogen (secondary N) is 1. The van der Waals surface area contributed by atoms with Crippen molar-refractivity contribution in [2.45, 2.75) is 35.8 Å². The summed E-state index contributed by atoms with van der Waals surface area (Å²) in [4.78, 5) is 8.55. The van der Waals surface area contributed by atoms with E-state index < -0.39 is 0 Å². The van der Waals surface area contributed by atoms with Crippen molar-refractivity contribution in [2.75, 3.05) is 0 Å². The van der Waals surface area contributed by atoms with Gasteiger partial charge in [-0.25, -0.2) is 9.97 Å². The van der Waals surface area contributed by atoms with Crippen molar-refractivity contribution in [1.29, 1.82) is 0 Å². The van der Waals surface area contributed by atoms with Crippen LogP contribution in [0, 0.1) is 0 Å². The molecule has 0 saturated heterocycles. The normalized spacial score (nSPS) is 11.0. The average Bonchev–Trinajstić information content (AvgIpc) is 2.80. The van der Waals surface area contributed by atoms with Crippen LogP contribution in [0.5, 0.6) is 0 Å². The minimum Gasteiger partial charge on any atom is -0.310 e. The molecule has 17 heavy (non-hydrogen) atoms. The molecule has 0 bridgehead atoms. The maximum absolute atomic E-state index is 4.39. The van der Waals surface area contributed by atoms with E-state index in [2.05, 4.69) is 39.6 Å². The number of aromatic nitrogens is 3. The first kappa shape index (κ1) is 12.5. The maximum atomic E-state index is 4.39. The largest absolute Gasteiger partial charge is 0.310 e. The van der Waals surface area contributed by atoms with Crippen molar-refractivity contribution in [2.24, 2.45) is 0 Å². The Morgan fingerprint density at radius 1 is 1.41 bits per heavy atom. The summed E-state index contributed by atoms with van der Waals surface area (Å²) in [6, 6.07) is 4.52. The summed E-state index contributed by atoms with van der Waals surface area (Å²) in [5.41, 5.74) is 1.20. The van der Waals surface area contributed by atoms with Crippen LogP contribution >= 0.6 is 23.3 Å². The fourth-order valence-corrected chi connectivity index (χ4v) is 2.70. The molecule has 0 fully saturated rings. The van der Waals surface area contributed by atoms with Crippen LogP contribution in [-0.2, 0) is 6.54 Å². The van der Waals surface area contributed by atoms with E-state index in [0.717, 1.165) is 15.9 Å². The van der Waals surface area contributed by atoms with E-state index in [-0.39, 0.29) is 0 Å². The number of rotatable bonds is 5. The number of hydrogen-bond acceptors (Lipinski definition) is 6. The lowest BCUT2D eigenvalue weighted by atomic mass is 10.2. The van der Waals surface area contributed by atoms with E-state index in [9.17, 15) is 0 Å². The van der Waals surface area contributed by atoms with Crippen molar-refractivity contribution in [3.05, 3.63) is 30.2 Å². The molecule has 0 radical (unpaired) electrons. The molecule has 0 unspecified atom stereocenters. The Balaban J connectivity index is 2.10. The van der Waals surface area contributed by atoms with E-state index in [0.29, 0.717) is 6.04 Å². The van der Waals surface area contributed by atoms with Gasteiger partial charge in [-0.1, -0.05) is 19.9 Å². The minimum absolute atomic E-state index is 0.467. The maximum Gasteiger partial charge on any atom is 0.176 e. The lowest BCUT2D eigenvalue weighted by Crippen LogP contribution is -2.22. The van der Waals surface area contributed by atoms with E-state index >= 15 is 0 Å². The van der Waals surface area contributed by atoms with Gasteiger partial charge in [0.1, 0.15) is 11.4 Å². The van der Waals surface area contributed by atoms with Gasteiger partial charge in [-0.3, -0.25) is 0 Å². The monoisotopic (exact) mass is 266 g/mol. The predicted molar refractivity (Wildman–Crippen MR) is 70.2 cm³/mol. The van der Waals surface area contributed by atoms with Gasteiger partial charge in [0.2, 0.25) is 0 Å². The SMILES string of the molecule is CC(C)NCc1cccnc1Sc1ncns1. The highest BCUT2D eigenvalue weighted by Gasteiger charge is 2.07. The van der Waals surface area contributed by atoms with Gasteiger partial charge in [0.15, 0.2) is 4.34 Å². The van der Waals surface area contributed by atoms with Gasteiger partial charge in [0.05, 0.1) is 0 Å². The molecule has 0 aliphatic rings. The summed E-state index contributed by atoms with van der Waals surface area (Å²) >= 11 is 2.96. The summed E-state index contributed by atoms with van der Waals surface area (Å²) in [6.07, 6.45) is 3.38. The Labute approximate surface area is 109 Å². The summed E-state index contributed by atoms with van der Waals surface area (Å²) in [5, 5.41) is 4.39. The summed E-state index contributed by atoms with van der Waals surface area (Å²) < 4.78 is 4.91. The molecule has 2 aromatic rings. The fraction of sp³-hybridized carbons (Fsp3) is 0.364. The number of hydrogen-bond donors (Lipinski definition) is 1. The van der Waals surface area contributed by atoms with E-state index in [4.69, 9.17) is 0 Å². The topological polar surface area (TPSA) is 50.7 Å². The van der Waals surface area contributed by atoms with Gasteiger partial charge >= 0.3 is 0 Å². The van der Waals surface area contributed by atoms with Gasteiger partial charge < -0.3 is 5.32 Å². The molecule has 0 aromatic carbocycles. The van der Waals surface area contributed by atoms with Crippen LogP contribution in [0.1, 0.15) is 19.4 Å². The quantitative estimate of drug-likeness (QED) is 0.901. The van der Waals surface area contributed by atoms with Crippen molar-refractivity contribution < 1.29 is 0 Å². The Hall–Kier alpha value is -0.980. The molecule has 0 aliphatic heterocycles. The zero-order chi connectivity index (χ0) is 12.1. The molecule has 2 aromatic heterocycles. The Bertz CT molecular complexity index is 456. The molecule has 90 valence electrons. The van der Waals surface area contributed by atoms with Crippen LogP contribution < -0.4 is 5.32 Å². The standard InChI is InChI=1S/C11H14N4S2/c1-8(2)13-6-9-4-3-5-12-10(9)16-11-14-7-15-17-11/h3-5,7-8,13H,6H2,1-2H3. The van der Waals surface area contributed by atoms with Crippen LogP contribution in [0.15, 0.2) is 34.0 Å². The second kappa shape index (κ2) is 6.09. The molecule has 0 saturated carbocycles. The van der Waals surface area contributed by atoms with Gasteiger partial charge in [0, 0.05) is 18.8 Å². The van der Waals surface area contributed by atoms with Gasteiger partial charge in [-0.2, -0.15) is 4.37 Å². The summed E-state index contributed by atoms with van der Waals surface area (Å²) in [5.74, 6) is 0. The van der Waals surface area contributed by atoms with E-state index in [1.54, 1.807) is 18.1 Å². The van der Waals surface area contributed by atoms with Crippen LogP contribution in [-0.4, -0.2) is 20.4 Å². The van der Waals surface area contributed by atoms with E-state index in [1.165, 1.54) is 17.1 Å². The zero-order valence-electron chi connectivity index (χ0n) is 9.75.